The zero-order valence-electron chi connectivity index (χ0n) is 15.4. The van der Waals surface area contributed by atoms with Crippen LogP contribution in [0.15, 0.2) is 58.6 Å². The van der Waals surface area contributed by atoms with Gasteiger partial charge in [0, 0.05) is 17.6 Å². The van der Waals surface area contributed by atoms with Gasteiger partial charge in [-0.15, -0.1) is 22.0 Å². The van der Waals surface area contributed by atoms with Crippen LogP contribution in [0.5, 0.6) is 5.75 Å². The van der Waals surface area contributed by atoms with Crippen LogP contribution in [0.3, 0.4) is 0 Å². The van der Waals surface area contributed by atoms with Crippen molar-refractivity contribution in [1.82, 2.24) is 14.8 Å². The summed E-state index contributed by atoms with van der Waals surface area (Å²) >= 11 is 9.04. The lowest BCUT2D eigenvalue weighted by molar-refractivity contribution is -0.113. The number of hydrogen-bond donors (Lipinski definition) is 1. The van der Waals surface area contributed by atoms with Crippen LogP contribution in [0.4, 0.5) is 5.69 Å². The Bertz CT molecular complexity index is 965. The molecule has 3 rings (SSSR count). The summed E-state index contributed by atoms with van der Waals surface area (Å²) in [6, 6.07) is 15.0. The molecule has 0 saturated heterocycles. The van der Waals surface area contributed by atoms with Gasteiger partial charge in [-0.25, -0.2) is 0 Å². The maximum absolute atomic E-state index is 12.2. The molecule has 0 aliphatic rings. The molecule has 0 aliphatic carbocycles. The van der Waals surface area contributed by atoms with Crippen molar-refractivity contribution in [3.05, 3.63) is 59.4 Å². The van der Waals surface area contributed by atoms with Crippen LogP contribution in [-0.2, 0) is 18.4 Å². The number of thioether (sulfide) groups is 2. The zero-order chi connectivity index (χ0) is 19.9. The monoisotopic (exact) mass is 434 g/mol. The van der Waals surface area contributed by atoms with Gasteiger partial charge < -0.3 is 14.6 Å². The summed E-state index contributed by atoms with van der Waals surface area (Å²) < 4.78 is 7.51. The minimum absolute atomic E-state index is 0.0971. The van der Waals surface area contributed by atoms with E-state index in [0.717, 1.165) is 10.6 Å². The van der Waals surface area contributed by atoms with E-state index in [1.54, 1.807) is 23.9 Å². The molecule has 0 fully saturated rings. The summed E-state index contributed by atoms with van der Waals surface area (Å²) in [4.78, 5) is 13.3. The molecule has 1 heterocycles. The lowest BCUT2D eigenvalue weighted by atomic mass is 10.3. The third-order valence-electron chi connectivity index (χ3n) is 3.80. The van der Waals surface area contributed by atoms with Crippen molar-refractivity contribution in [3.63, 3.8) is 0 Å². The van der Waals surface area contributed by atoms with Crippen LogP contribution in [0.1, 0.15) is 5.82 Å². The number of carbonyl (C=O) groups is 1. The lowest BCUT2D eigenvalue weighted by Gasteiger charge is -2.08. The topological polar surface area (TPSA) is 69.0 Å². The molecule has 1 aromatic heterocycles. The minimum atomic E-state index is -0.0971. The molecule has 0 spiro atoms. The van der Waals surface area contributed by atoms with Crippen LogP contribution < -0.4 is 10.1 Å². The van der Waals surface area contributed by atoms with Crippen molar-refractivity contribution in [2.75, 3.05) is 17.3 Å². The van der Waals surface area contributed by atoms with E-state index >= 15 is 0 Å². The van der Waals surface area contributed by atoms with Crippen molar-refractivity contribution >= 4 is 46.7 Å². The zero-order valence-corrected chi connectivity index (χ0v) is 17.8. The molecular formula is C19H19ClN4O2S2. The van der Waals surface area contributed by atoms with Crippen molar-refractivity contribution in [2.24, 2.45) is 7.05 Å². The van der Waals surface area contributed by atoms with E-state index in [1.807, 2.05) is 54.3 Å². The Balaban J connectivity index is 1.53. The number of nitrogens with one attached hydrogen (secondary N) is 1. The van der Waals surface area contributed by atoms with Crippen LogP contribution in [0.2, 0.25) is 5.02 Å². The summed E-state index contributed by atoms with van der Waals surface area (Å²) in [5.74, 6) is 1.38. The first-order valence-corrected chi connectivity index (χ1v) is 11.0. The molecule has 9 heteroatoms. The standard InChI is InChI=1S/C19H19ClN4O2S2/c1-24-17(11-26-16-9-4-3-8-15(16)20)22-23-19(24)28-12-18(25)21-13-6-5-7-14(10-13)27-2/h3-10H,11-12H2,1-2H3,(H,21,25). The number of ether oxygens (including phenoxy) is 1. The molecular weight excluding hydrogens is 416 g/mol. The number of benzene rings is 2. The van der Waals surface area contributed by atoms with Crippen molar-refractivity contribution in [3.8, 4) is 5.75 Å². The smallest absolute Gasteiger partial charge is 0.234 e. The van der Waals surface area contributed by atoms with Gasteiger partial charge in [0.05, 0.1) is 10.8 Å². The van der Waals surface area contributed by atoms with Gasteiger partial charge in [0.2, 0.25) is 5.91 Å². The number of hydrogen-bond acceptors (Lipinski definition) is 6. The Kier molecular flexibility index (Phi) is 7.24. The molecule has 6 nitrogen and oxygen atoms in total. The first kappa shape index (κ1) is 20.6. The number of anilines is 1. The van der Waals surface area contributed by atoms with Crippen LogP contribution in [-0.4, -0.2) is 32.7 Å². The highest BCUT2D eigenvalue weighted by Crippen LogP contribution is 2.24. The highest BCUT2D eigenvalue weighted by atomic mass is 35.5. The van der Waals surface area contributed by atoms with Gasteiger partial charge in [-0.1, -0.05) is 41.6 Å². The molecule has 146 valence electrons. The largest absolute Gasteiger partial charge is 0.484 e. The van der Waals surface area contributed by atoms with Gasteiger partial charge in [0.1, 0.15) is 12.4 Å². The summed E-state index contributed by atoms with van der Waals surface area (Å²) in [7, 11) is 1.84. The number of carbonyl (C=O) groups excluding carboxylic acids is 1. The maximum atomic E-state index is 12.2. The fourth-order valence-corrected chi connectivity index (χ4v) is 3.71. The van der Waals surface area contributed by atoms with Crippen LogP contribution in [0, 0.1) is 0 Å². The molecule has 0 unspecified atom stereocenters. The van der Waals surface area contributed by atoms with E-state index in [1.165, 1.54) is 11.8 Å². The van der Waals surface area contributed by atoms with E-state index in [9.17, 15) is 4.79 Å². The molecule has 1 N–H and O–H groups in total. The fraction of sp³-hybridized carbons (Fsp3) is 0.211. The van der Waals surface area contributed by atoms with Gasteiger partial charge in [0.15, 0.2) is 11.0 Å². The number of aromatic nitrogens is 3. The second-order valence-electron chi connectivity index (χ2n) is 5.75. The third-order valence-corrected chi connectivity index (χ3v) is 5.86. The van der Waals surface area contributed by atoms with Gasteiger partial charge in [-0.3, -0.25) is 4.79 Å². The summed E-state index contributed by atoms with van der Waals surface area (Å²) in [6.45, 7) is 0.238. The van der Waals surface area contributed by atoms with Gasteiger partial charge >= 0.3 is 0 Å². The van der Waals surface area contributed by atoms with E-state index in [4.69, 9.17) is 16.3 Å². The highest BCUT2D eigenvalue weighted by Gasteiger charge is 2.13. The molecule has 2 aromatic carbocycles. The molecule has 0 saturated carbocycles. The normalized spacial score (nSPS) is 10.7. The Hall–Kier alpha value is -2.16. The van der Waals surface area contributed by atoms with Crippen LogP contribution >= 0.6 is 35.1 Å². The molecule has 1 amide bonds. The Morgan fingerprint density at radius 1 is 1.21 bits per heavy atom. The van der Waals surface area contributed by atoms with Crippen molar-refractivity contribution in [2.45, 2.75) is 16.7 Å². The first-order valence-electron chi connectivity index (χ1n) is 8.39. The number of amides is 1. The summed E-state index contributed by atoms with van der Waals surface area (Å²) in [5.41, 5.74) is 0.782. The van der Waals surface area contributed by atoms with Gasteiger partial charge in [-0.05, 0) is 36.6 Å². The molecule has 28 heavy (non-hydrogen) atoms. The Morgan fingerprint density at radius 3 is 2.82 bits per heavy atom. The quantitative estimate of drug-likeness (QED) is 0.526. The van der Waals surface area contributed by atoms with Gasteiger partial charge in [0.25, 0.3) is 0 Å². The van der Waals surface area contributed by atoms with E-state index in [0.29, 0.717) is 21.8 Å². The molecule has 0 bridgehead atoms. The predicted molar refractivity (Wildman–Crippen MR) is 114 cm³/mol. The third kappa shape index (κ3) is 5.43. The lowest BCUT2D eigenvalue weighted by Crippen LogP contribution is -2.14. The molecule has 0 aliphatic heterocycles. The van der Waals surface area contributed by atoms with Crippen LogP contribution in [0.25, 0.3) is 0 Å². The highest BCUT2D eigenvalue weighted by molar-refractivity contribution is 7.99. The van der Waals surface area contributed by atoms with Gasteiger partial charge in [-0.2, -0.15) is 0 Å². The number of para-hydroxylation sites is 1. The molecule has 3 aromatic rings. The van der Waals surface area contributed by atoms with E-state index in [2.05, 4.69) is 15.5 Å². The fourth-order valence-electron chi connectivity index (χ4n) is 2.33. The van der Waals surface area contributed by atoms with Crippen molar-refractivity contribution in [1.29, 1.82) is 0 Å². The average Bonchev–Trinajstić information content (AvgIpc) is 3.05. The van der Waals surface area contributed by atoms with Crippen molar-refractivity contribution < 1.29 is 9.53 Å². The maximum Gasteiger partial charge on any atom is 0.234 e. The van der Waals surface area contributed by atoms with E-state index < -0.39 is 0 Å². The predicted octanol–water partition coefficient (Wildman–Crippen LogP) is 4.50. The summed E-state index contributed by atoms with van der Waals surface area (Å²) in [6.07, 6.45) is 2.00. The molecule has 0 radical (unpaired) electrons. The number of nitrogens with zero attached hydrogens (tertiary/aromatic N) is 3. The SMILES string of the molecule is CSc1cccc(NC(=O)CSc2nnc(COc3ccccc3Cl)n2C)c1. The number of rotatable bonds is 8. The second-order valence-corrected chi connectivity index (χ2v) is 7.98. The Labute approximate surface area is 177 Å². The molecule has 0 atom stereocenters. The average molecular weight is 435 g/mol. The first-order chi connectivity index (χ1) is 13.6. The second kappa shape index (κ2) is 9.86. The number of halogens is 1. The summed E-state index contributed by atoms with van der Waals surface area (Å²) in [5, 5.41) is 12.4. The Morgan fingerprint density at radius 2 is 2.04 bits per heavy atom. The minimum Gasteiger partial charge on any atom is -0.484 e. The van der Waals surface area contributed by atoms with E-state index in [-0.39, 0.29) is 18.3 Å².